The minimum Gasteiger partial charge on any atom is -0.497 e. The van der Waals surface area contributed by atoms with E-state index in [-0.39, 0.29) is 24.0 Å². The standard InChI is InChI=1S/C25H30N2O4/c1-16-14-27(15-17(2)31-16)25(28)12-21(20-10-9-18(29-3)11-24(20)30-4)22-13-26-23-8-6-5-7-19(22)23/h5-11,13,16-17,21,26H,12,14-15H2,1-4H3. The summed E-state index contributed by atoms with van der Waals surface area (Å²) in [6, 6.07) is 14.0. The molecule has 1 aliphatic heterocycles. The van der Waals surface area contributed by atoms with E-state index < -0.39 is 0 Å². The first-order valence-corrected chi connectivity index (χ1v) is 10.7. The van der Waals surface area contributed by atoms with Gasteiger partial charge in [0.1, 0.15) is 11.5 Å². The molecule has 2 aromatic carbocycles. The van der Waals surface area contributed by atoms with Crippen molar-refractivity contribution in [1.29, 1.82) is 0 Å². The van der Waals surface area contributed by atoms with E-state index in [1.54, 1.807) is 14.2 Å². The fraction of sp³-hybridized carbons (Fsp3) is 0.400. The van der Waals surface area contributed by atoms with Crippen LogP contribution < -0.4 is 9.47 Å². The summed E-state index contributed by atoms with van der Waals surface area (Å²) in [5.41, 5.74) is 3.11. The highest BCUT2D eigenvalue weighted by Gasteiger charge is 2.30. The Morgan fingerprint density at radius 3 is 2.55 bits per heavy atom. The number of rotatable bonds is 6. The molecule has 0 bridgehead atoms. The number of nitrogens with one attached hydrogen (secondary N) is 1. The molecule has 1 saturated heterocycles. The summed E-state index contributed by atoms with van der Waals surface area (Å²) in [7, 11) is 3.29. The van der Waals surface area contributed by atoms with E-state index in [1.807, 2.05) is 61.3 Å². The molecule has 1 amide bonds. The third kappa shape index (κ3) is 4.39. The average molecular weight is 423 g/mol. The minimum absolute atomic E-state index is 0.0368. The molecular weight excluding hydrogens is 392 g/mol. The Labute approximate surface area is 183 Å². The largest absolute Gasteiger partial charge is 0.497 e. The minimum atomic E-state index is -0.155. The number of hydrogen-bond acceptors (Lipinski definition) is 4. The van der Waals surface area contributed by atoms with Gasteiger partial charge in [-0.05, 0) is 31.5 Å². The van der Waals surface area contributed by atoms with E-state index >= 15 is 0 Å². The number of fused-ring (bicyclic) bond motifs is 1. The predicted molar refractivity (Wildman–Crippen MR) is 121 cm³/mol. The molecule has 1 aliphatic rings. The molecule has 0 radical (unpaired) electrons. The first-order valence-electron chi connectivity index (χ1n) is 10.7. The van der Waals surface area contributed by atoms with Crippen LogP contribution in [0, 0.1) is 0 Å². The van der Waals surface area contributed by atoms with Crippen LogP contribution in [-0.2, 0) is 9.53 Å². The number of aromatic amines is 1. The van der Waals surface area contributed by atoms with Gasteiger partial charge in [-0.15, -0.1) is 0 Å². The molecule has 1 N–H and O–H groups in total. The van der Waals surface area contributed by atoms with E-state index in [4.69, 9.17) is 14.2 Å². The van der Waals surface area contributed by atoms with E-state index in [0.29, 0.717) is 25.3 Å². The van der Waals surface area contributed by atoms with Crippen LogP contribution in [0.4, 0.5) is 0 Å². The molecule has 31 heavy (non-hydrogen) atoms. The smallest absolute Gasteiger partial charge is 0.223 e. The molecule has 2 heterocycles. The van der Waals surface area contributed by atoms with E-state index in [2.05, 4.69) is 11.1 Å². The van der Waals surface area contributed by atoms with Gasteiger partial charge >= 0.3 is 0 Å². The van der Waals surface area contributed by atoms with E-state index in [9.17, 15) is 4.79 Å². The third-order valence-electron chi connectivity index (χ3n) is 5.96. The number of amides is 1. The van der Waals surface area contributed by atoms with Crippen molar-refractivity contribution in [1.82, 2.24) is 9.88 Å². The van der Waals surface area contributed by atoms with Gasteiger partial charge in [0, 0.05) is 54.2 Å². The zero-order chi connectivity index (χ0) is 22.0. The number of morpholine rings is 1. The second kappa shape index (κ2) is 9.02. The van der Waals surface area contributed by atoms with E-state index in [0.717, 1.165) is 27.8 Å². The number of para-hydroxylation sites is 1. The second-order valence-corrected chi connectivity index (χ2v) is 8.21. The molecule has 4 rings (SSSR count). The van der Waals surface area contributed by atoms with Crippen LogP contribution in [0.1, 0.15) is 37.3 Å². The molecule has 3 unspecified atom stereocenters. The highest BCUT2D eigenvalue weighted by molar-refractivity contribution is 5.86. The summed E-state index contributed by atoms with van der Waals surface area (Å²) < 4.78 is 16.9. The lowest BCUT2D eigenvalue weighted by molar-refractivity contribution is -0.143. The van der Waals surface area contributed by atoms with Gasteiger partial charge in [-0.25, -0.2) is 0 Å². The highest BCUT2D eigenvalue weighted by atomic mass is 16.5. The zero-order valence-electron chi connectivity index (χ0n) is 18.6. The van der Waals surface area contributed by atoms with Crippen molar-refractivity contribution in [2.45, 2.75) is 38.4 Å². The van der Waals surface area contributed by atoms with Crippen LogP contribution in [-0.4, -0.2) is 55.3 Å². The fourth-order valence-corrected chi connectivity index (χ4v) is 4.56. The lowest BCUT2D eigenvalue weighted by Gasteiger charge is -2.36. The molecule has 164 valence electrons. The maximum absolute atomic E-state index is 13.4. The first-order chi connectivity index (χ1) is 15.0. The lowest BCUT2D eigenvalue weighted by atomic mass is 9.87. The summed E-state index contributed by atoms with van der Waals surface area (Å²) in [5, 5.41) is 1.11. The molecule has 0 saturated carbocycles. The number of carbonyl (C=O) groups is 1. The Kier molecular flexibility index (Phi) is 6.18. The Morgan fingerprint density at radius 2 is 1.84 bits per heavy atom. The monoisotopic (exact) mass is 422 g/mol. The Bertz CT molecular complexity index is 1050. The number of ether oxygens (including phenoxy) is 3. The molecule has 3 atom stereocenters. The quantitative estimate of drug-likeness (QED) is 0.642. The van der Waals surface area contributed by atoms with Gasteiger partial charge < -0.3 is 24.1 Å². The number of H-pyrrole nitrogens is 1. The van der Waals surface area contributed by atoms with Gasteiger partial charge in [0.2, 0.25) is 5.91 Å². The summed E-state index contributed by atoms with van der Waals surface area (Å²) in [6.07, 6.45) is 2.44. The molecule has 1 aromatic heterocycles. The van der Waals surface area contributed by atoms with Gasteiger partial charge in [-0.1, -0.05) is 24.3 Å². The molecular formula is C25H30N2O4. The lowest BCUT2D eigenvalue weighted by Crippen LogP contribution is -2.48. The fourth-order valence-electron chi connectivity index (χ4n) is 4.56. The number of benzene rings is 2. The zero-order valence-corrected chi connectivity index (χ0v) is 18.6. The molecule has 6 heteroatoms. The van der Waals surface area contributed by atoms with Crippen molar-refractivity contribution < 1.29 is 19.0 Å². The van der Waals surface area contributed by atoms with Crippen molar-refractivity contribution in [2.24, 2.45) is 0 Å². The highest BCUT2D eigenvalue weighted by Crippen LogP contribution is 2.39. The summed E-state index contributed by atoms with van der Waals surface area (Å²) >= 11 is 0. The number of aromatic nitrogens is 1. The van der Waals surface area contributed by atoms with Crippen LogP contribution in [0.2, 0.25) is 0 Å². The maximum Gasteiger partial charge on any atom is 0.223 e. The van der Waals surface area contributed by atoms with Crippen molar-refractivity contribution in [3.05, 3.63) is 59.8 Å². The number of methoxy groups -OCH3 is 2. The predicted octanol–water partition coefficient (Wildman–Crippen LogP) is 4.34. The van der Waals surface area contributed by atoms with Gasteiger partial charge in [0.25, 0.3) is 0 Å². The molecule has 0 aliphatic carbocycles. The van der Waals surface area contributed by atoms with E-state index in [1.165, 1.54) is 0 Å². The second-order valence-electron chi connectivity index (χ2n) is 8.21. The normalized spacial score (nSPS) is 19.9. The van der Waals surface area contributed by atoms with Crippen molar-refractivity contribution in [3.63, 3.8) is 0 Å². The van der Waals surface area contributed by atoms with Gasteiger partial charge in [-0.2, -0.15) is 0 Å². The Balaban J connectivity index is 1.74. The van der Waals surface area contributed by atoms with Crippen molar-refractivity contribution >= 4 is 16.8 Å². The maximum atomic E-state index is 13.4. The summed E-state index contributed by atoms with van der Waals surface area (Å²) in [5.74, 6) is 1.40. The number of carbonyl (C=O) groups excluding carboxylic acids is 1. The van der Waals surface area contributed by atoms with Crippen LogP contribution in [0.15, 0.2) is 48.7 Å². The SMILES string of the molecule is COc1ccc(C(CC(=O)N2CC(C)OC(C)C2)c2c[nH]c3ccccc23)c(OC)c1. The Hall–Kier alpha value is -2.99. The molecule has 0 spiro atoms. The third-order valence-corrected chi connectivity index (χ3v) is 5.96. The average Bonchev–Trinajstić information content (AvgIpc) is 3.20. The number of hydrogen-bond donors (Lipinski definition) is 1. The summed E-state index contributed by atoms with van der Waals surface area (Å²) in [4.78, 5) is 18.7. The number of nitrogens with zero attached hydrogens (tertiary/aromatic N) is 1. The van der Waals surface area contributed by atoms with Crippen LogP contribution in [0.25, 0.3) is 10.9 Å². The molecule has 3 aromatic rings. The summed E-state index contributed by atoms with van der Waals surface area (Å²) in [6.45, 7) is 5.26. The van der Waals surface area contributed by atoms with Crippen LogP contribution in [0.3, 0.4) is 0 Å². The van der Waals surface area contributed by atoms with Crippen LogP contribution in [0.5, 0.6) is 11.5 Å². The first kappa shape index (κ1) is 21.2. The van der Waals surface area contributed by atoms with Crippen molar-refractivity contribution in [2.75, 3.05) is 27.3 Å². The molecule has 6 nitrogen and oxygen atoms in total. The van der Waals surface area contributed by atoms with Gasteiger partial charge in [0.05, 0.1) is 26.4 Å². The van der Waals surface area contributed by atoms with Gasteiger partial charge in [0.15, 0.2) is 0 Å². The molecule has 1 fully saturated rings. The van der Waals surface area contributed by atoms with Crippen molar-refractivity contribution in [3.8, 4) is 11.5 Å². The Morgan fingerprint density at radius 1 is 1.10 bits per heavy atom. The van der Waals surface area contributed by atoms with Crippen LogP contribution >= 0.6 is 0 Å². The van der Waals surface area contributed by atoms with Gasteiger partial charge in [-0.3, -0.25) is 4.79 Å². The topological polar surface area (TPSA) is 63.8 Å².